The fourth-order valence-electron chi connectivity index (χ4n) is 3.49. The van der Waals surface area contributed by atoms with Crippen LogP contribution in [0, 0.1) is 0 Å². The van der Waals surface area contributed by atoms with E-state index >= 15 is 0 Å². The van der Waals surface area contributed by atoms with Crippen molar-refractivity contribution in [2.75, 3.05) is 32.9 Å². The number of ether oxygens (including phenoxy) is 3. The zero-order valence-corrected chi connectivity index (χ0v) is 16.8. The average Bonchev–Trinajstić information content (AvgIpc) is 3.01. The van der Waals surface area contributed by atoms with E-state index in [2.05, 4.69) is 0 Å². The van der Waals surface area contributed by atoms with Crippen LogP contribution in [0.1, 0.15) is 11.6 Å². The predicted octanol–water partition coefficient (Wildman–Crippen LogP) is 3.96. The minimum absolute atomic E-state index is 0.0897. The molecule has 1 N–H and O–H groups in total. The van der Waals surface area contributed by atoms with Crippen LogP contribution < -0.4 is 14.4 Å². The predicted molar refractivity (Wildman–Crippen MR) is 106 cm³/mol. The largest absolute Gasteiger partial charge is 0.488 e. The molecule has 0 spiro atoms. The monoisotopic (exact) mass is 426 g/mol. The molecule has 0 unspecified atom stereocenters. The number of halogens is 3. The van der Waals surface area contributed by atoms with Crippen molar-refractivity contribution < 1.29 is 19.1 Å². The lowest BCUT2D eigenvalue weighted by molar-refractivity contribution is -0.933. The fourth-order valence-corrected chi connectivity index (χ4v) is 4.13. The third kappa shape index (κ3) is 4.20. The second kappa shape index (κ2) is 8.29. The maximum atomic E-state index is 6.23. The van der Waals surface area contributed by atoms with Gasteiger partial charge in [-0.1, -0.05) is 34.8 Å². The van der Waals surface area contributed by atoms with Crippen molar-refractivity contribution in [2.45, 2.75) is 6.04 Å². The molecular weight excluding hydrogens is 409 g/mol. The number of nitrogens with one attached hydrogen (secondary N) is 1. The van der Waals surface area contributed by atoms with Crippen LogP contribution in [0.5, 0.6) is 11.5 Å². The number of hydrogen-bond acceptors (Lipinski definition) is 3. The molecule has 27 heavy (non-hydrogen) atoms. The van der Waals surface area contributed by atoms with Gasteiger partial charge >= 0.3 is 0 Å². The third-order valence-corrected chi connectivity index (χ3v) is 5.52. The number of rotatable bonds is 4. The van der Waals surface area contributed by atoms with E-state index in [0.29, 0.717) is 27.4 Å². The van der Waals surface area contributed by atoms with Gasteiger partial charge < -0.3 is 19.1 Å². The van der Waals surface area contributed by atoms with Gasteiger partial charge in [0.1, 0.15) is 31.2 Å². The average molecular weight is 428 g/mol. The van der Waals surface area contributed by atoms with Crippen LogP contribution in [-0.4, -0.2) is 32.9 Å². The van der Waals surface area contributed by atoms with Crippen LogP contribution in [0.25, 0.3) is 0 Å². The van der Waals surface area contributed by atoms with E-state index in [4.69, 9.17) is 49.0 Å². The molecule has 0 aliphatic carbocycles. The Morgan fingerprint density at radius 3 is 2.56 bits per heavy atom. The highest BCUT2D eigenvalue weighted by molar-refractivity contribution is 6.35. The van der Waals surface area contributed by atoms with E-state index in [9.17, 15) is 0 Å². The van der Waals surface area contributed by atoms with Gasteiger partial charge in [0, 0.05) is 10.0 Å². The van der Waals surface area contributed by atoms with Gasteiger partial charge in [0.2, 0.25) is 0 Å². The van der Waals surface area contributed by atoms with Gasteiger partial charge in [-0.05, 0) is 42.5 Å². The summed E-state index contributed by atoms with van der Waals surface area (Å²) >= 11 is 18.3. The topological polar surface area (TPSA) is 32.1 Å². The van der Waals surface area contributed by atoms with Crippen molar-refractivity contribution in [3.05, 3.63) is 68.9 Å². The normalized spacial score (nSPS) is 21.1. The first-order valence-corrected chi connectivity index (χ1v) is 9.93. The smallest absolute Gasteiger partial charge is 0.175 e. The summed E-state index contributed by atoms with van der Waals surface area (Å²) < 4.78 is 17.4. The standard InChI is InChI=1S/C20H18Cl3NO3/c21-13-1-3-17-15(11-13)20(24-6-9-25-10-7-24)19(27-17)5-8-26-18-4-2-14(22)12-16(18)23/h1-5,11-12,20H,6-10H2/p+1/b19-5-/t20-/m1/s1. The maximum absolute atomic E-state index is 6.23. The molecule has 2 aromatic rings. The molecule has 0 bridgehead atoms. The summed E-state index contributed by atoms with van der Waals surface area (Å²) in [6.07, 6.45) is 1.96. The van der Waals surface area contributed by atoms with Crippen LogP contribution in [-0.2, 0) is 4.74 Å². The first-order chi connectivity index (χ1) is 13.1. The molecule has 4 rings (SSSR count). The Balaban J connectivity index is 1.55. The minimum Gasteiger partial charge on any atom is -0.488 e. The molecule has 4 nitrogen and oxygen atoms in total. The van der Waals surface area contributed by atoms with E-state index in [0.717, 1.165) is 43.4 Å². The van der Waals surface area contributed by atoms with Gasteiger partial charge in [0.25, 0.3) is 0 Å². The molecule has 0 amide bonds. The highest BCUT2D eigenvalue weighted by Gasteiger charge is 2.38. The second-order valence-electron chi connectivity index (χ2n) is 6.48. The van der Waals surface area contributed by atoms with Crippen LogP contribution in [0.4, 0.5) is 0 Å². The van der Waals surface area contributed by atoms with Gasteiger partial charge in [0.05, 0.1) is 23.8 Å². The van der Waals surface area contributed by atoms with Crippen molar-refractivity contribution in [3.63, 3.8) is 0 Å². The zero-order chi connectivity index (χ0) is 18.8. The van der Waals surface area contributed by atoms with E-state index in [-0.39, 0.29) is 6.04 Å². The number of morpholine rings is 1. The molecule has 0 aromatic heterocycles. The van der Waals surface area contributed by atoms with Gasteiger partial charge in [-0.3, -0.25) is 0 Å². The van der Waals surface area contributed by atoms with E-state index in [1.807, 2.05) is 24.3 Å². The summed E-state index contributed by atoms with van der Waals surface area (Å²) in [6, 6.07) is 11.0. The van der Waals surface area contributed by atoms with Crippen molar-refractivity contribution >= 4 is 34.8 Å². The molecule has 7 heteroatoms. The van der Waals surface area contributed by atoms with Gasteiger partial charge in [-0.15, -0.1) is 0 Å². The van der Waals surface area contributed by atoms with Crippen molar-refractivity contribution in [3.8, 4) is 11.5 Å². The summed E-state index contributed by atoms with van der Waals surface area (Å²) in [5.74, 6) is 2.31. The van der Waals surface area contributed by atoms with Crippen LogP contribution in [0.15, 0.2) is 48.2 Å². The Bertz CT molecular complexity index is 866. The Labute approximate surface area is 173 Å². The number of fused-ring (bicyclic) bond motifs is 1. The van der Waals surface area contributed by atoms with E-state index in [1.54, 1.807) is 18.2 Å². The van der Waals surface area contributed by atoms with Crippen molar-refractivity contribution in [2.24, 2.45) is 0 Å². The first-order valence-electron chi connectivity index (χ1n) is 8.79. The minimum atomic E-state index is 0.0897. The fraction of sp³-hybridized carbons (Fsp3) is 0.300. The maximum Gasteiger partial charge on any atom is 0.175 e. The highest BCUT2D eigenvalue weighted by Crippen LogP contribution is 2.39. The summed E-state index contributed by atoms with van der Waals surface area (Å²) in [6.45, 7) is 3.67. The quantitative estimate of drug-likeness (QED) is 0.801. The number of benzene rings is 2. The molecule has 2 aliphatic heterocycles. The molecule has 1 fully saturated rings. The molecular formula is C20H19Cl3NO3+. The van der Waals surface area contributed by atoms with Crippen molar-refractivity contribution in [1.82, 2.24) is 0 Å². The summed E-state index contributed by atoms with van der Waals surface area (Å²) in [5, 5.41) is 1.77. The van der Waals surface area contributed by atoms with Crippen LogP contribution in [0.2, 0.25) is 15.1 Å². The summed E-state index contributed by atoms with van der Waals surface area (Å²) in [4.78, 5) is 1.40. The van der Waals surface area contributed by atoms with Gasteiger partial charge in [0.15, 0.2) is 11.8 Å². The molecule has 1 saturated heterocycles. The zero-order valence-electron chi connectivity index (χ0n) is 14.5. The SMILES string of the molecule is Clc1ccc(OC/C=C2\Oc3ccc(Cl)cc3[C@H]2[NH+]2CCOCC2)c(Cl)c1. The van der Waals surface area contributed by atoms with Gasteiger partial charge in [-0.25, -0.2) is 0 Å². The first kappa shape index (κ1) is 18.9. The lowest BCUT2D eigenvalue weighted by Crippen LogP contribution is -3.14. The molecule has 2 aromatic carbocycles. The third-order valence-electron chi connectivity index (χ3n) is 4.76. The second-order valence-corrected chi connectivity index (χ2v) is 7.76. The number of quaternary nitrogens is 1. The van der Waals surface area contributed by atoms with E-state index in [1.165, 1.54) is 4.90 Å². The molecule has 2 aliphatic rings. The summed E-state index contributed by atoms with van der Waals surface area (Å²) in [5.41, 5.74) is 1.11. The van der Waals surface area contributed by atoms with Crippen LogP contribution in [0.3, 0.4) is 0 Å². The highest BCUT2D eigenvalue weighted by atomic mass is 35.5. The molecule has 142 valence electrons. The van der Waals surface area contributed by atoms with Crippen LogP contribution >= 0.6 is 34.8 Å². The van der Waals surface area contributed by atoms with E-state index < -0.39 is 0 Å². The Hall–Kier alpha value is -1.43. The Kier molecular flexibility index (Phi) is 5.81. The molecule has 2 heterocycles. The van der Waals surface area contributed by atoms with Crippen molar-refractivity contribution in [1.29, 1.82) is 0 Å². The Morgan fingerprint density at radius 2 is 1.78 bits per heavy atom. The molecule has 0 saturated carbocycles. The molecule has 1 atom stereocenters. The Morgan fingerprint density at radius 1 is 1.04 bits per heavy atom. The summed E-state index contributed by atoms with van der Waals surface area (Å²) in [7, 11) is 0. The lowest BCUT2D eigenvalue weighted by atomic mass is 10.0. The van der Waals surface area contributed by atoms with Gasteiger partial charge in [-0.2, -0.15) is 0 Å². The number of hydrogen-bond donors (Lipinski definition) is 1. The lowest BCUT2D eigenvalue weighted by Gasteiger charge is -2.29. The molecule has 0 radical (unpaired) electrons.